The van der Waals surface area contributed by atoms with Crippen molar-refractivity contribution in [3.63, 3.8) is 0 Å². The number of hydrogen-bond acceptors (Lipinski definition) is 2. The van der Waals surface area contributed by atoms with Gasteiger partial charge in [-0.25, -0.2) is 0 Å². The predicted molar refractivity (Wildman–Crippen MR) is 103 cm³/mol. The van der Waals surface area contributed by atoms with E-state index in [1.165, 1.54) is 0 Å². The summed E-state index contributed by atoms with van der Waals surface area (Å²) in [6.45, 7) is 1.71. The van der Waals surface area contributed by atoms with Gasteiger partial charge in [0.1, 0.15) is 5.75 Å². The van der Waals surface area contributed by atoms with Crippen LogP contribution in [-0.2, 0) is 0 Å². The lowest BCUT2D eigenvalue weighted by molar-refractivity contribution is 0.0818. The minimum atomic E-state index is -0.652. The van der Waals surface area contributed by atoms with E-state index in [0.717, 1.165) is 11.1 Å². The third-order valence-corrected chi connectivity index (χ3v) is 4.39. The number of hydrogen-bond donors (Lipinski definition) is 0. The summed E-state index contributed by atoms with van der Waals surface area (Å²) >= 11 is 12.2. The molecule has 126 valence electrons. The molecule has 0 spiro atoms. The molecule has 1 atom stereocenters. The molecule has 0 fully saturated rings. The third-order valence-electron chi connectivity index (χ3n) is 3.84. The van der Waals surface area contributed by atoms with E-state index in [0.29, 0.717) is 21.4 Å². The second kappa shape index (κ2) is 7.73. The first-order valence-electron chi connectivity index (χ1n) is 7.86. The topological polar surface area (TPSA) is 26.3 Å². The van der Waals surface area contributed by atoms with Gasteiger partial charge in [-0.2, -0.15) is 0 Å². The maximum absolute atomic E-state index is 12.4. The Kier molecular flexibility index (Phi) is 5.42. The summed E-state index contributed by atoms with van der Waals surface area (Å²) in [5.74, 6) is 0.357. The molecule has 0 heterocycles. The summed E-state index contributed by atoms with van der Waals surface area (Å²) in [6, 6.07) is 22.2. The van der Waals surface area contributed by atoms with E-state index < -0.39 is 6.10 Å². The Labute approximate surface area is 157 Å². The first kappa shape index (κ1) is 17.5. The van der Waals surface area contributed by atoms with Gasteiger partial charge in [0, 0.05) is 10.6 Å². The third kappa shape index (κ3) is 4.22. The second-order valence-corrected chi connectivity index (χ2v) is 6.49. The van der Waals surface area contributed by atoms with E-state index in [-0.39, 0.29) is 5.78 Å². The number of carbonyl (C=O) groups is 1. The van der Waals surface area contributed by atoms with Gasteiger partial charge in [-0.15, -0.1) is 0 Å². The van der Waals surface area contributed by atoms with Crippen LogP contribution in [0.15, 0.2) is 72.8 Å². The fourth-order valence-electron chi connectivity index (χ4n) is 2.50. The van der Waals surface area contributed by atoms with Crippen molar-refractivity contribution in [2.24, 2.45) is 0 Å². The number of rotatable bonds is 5. The van der Waals surface area contributed by atoms with Crippen LogP contribution in [0.3, 0.4) is 0 Å². The highest BCUT2D eigenvalue weighted by Crippen LogP contribution is 2.31. The van der Waals surface area contributed by atoms with Crippen molar-refractivity contribution >= 4 is 29.0 Å². The first-order chi connectivity index (χ1) is 12.0. The number of carbonyl (C=O) groups excluding carboxylic acids is 1. The average molecular weight is 371 g/mol. The number of benzene rings is 3. The lowest BCUT2D eigenvalue weighted by atomic mass is 10.1. The highest BCUT2D eigenvalue weighted by molar-refractivity contribution is 6.32. The molecule has 3 rings (SSSR count). The number of ether oxygens (including phenoxy) is 1. The predicted octanol–water partition coefficient (Wildman–Crippen LogP) is 6.31. The fraction of sp³-hybridized carbons (Fsp3) is 0.0952. The second-order valence-electron chi connectivity index (χ2n) is 5.64. The molecule has 0 unspecified atom stereocenters. The van der Waals surface area contributed by atoms with E-state index >= 15 is 0 Å². The molecular weight excluding hydrogens is 355 g/mol. The van der Waals surface area contributed by atoms with Crippen LogP contribution in [0.1, 0.15) is 17.3 Å². The molecule has 0 saturated carbocycles. The largest absolute Gasteiger partial charge is 0.481 e. The van der Waals surface area contributed by atoms with Gasteiger partial charge in [0.2, 0.25) is 5.78 Å². The Morgan fingerprint density at radius 1 is 0.880 bits per heavy atom. The molecule has 0 aliphatic carbocycles. The standard InChI is InChI=1S/C21H16Cl2O2/c1-14(21(24)16-7-10-18(22)11-8-16)25-20-12-9-17(13-19(20)23)15-5-3-2-4-6-15/h2-14H,1H3/t14-/m1/s1. The Morgan fingerprint density at radius 3 is 2.20 bits per heavy atom. The van der Waals surface area contributed by atoms with Crippen LogP contribution in [0.5, 0.6) is 5.75 Å². The molecule has 2 nitrogen and oxygen atoms in total. The molecule has 0 aliphatic rings. The number of Topliss-reactive ketones (excluding diaryl/α,β-unsaturated/α-hetero) is 1. The van der Waals surface area contributed by atoms with Gasteiger partial charge in [0.25, 0.3) is 0 Å². The molecule has 25 heavy (non-hydrogen) atoms. The van der Waals surface area contributed by atoms with Crippen molar-refractivity contribution in [3.05, 3.63) is 88.4 Å². The van der Waals surface area contributed by atoms with Gasteiger partial charge in [0.15, 0.2) is 6.10 Å². The van der Waals surface area contributed by atoms with Crippen molar-refractivity contribution < 1.29 is 9.53 Å². The Hall–Kier alpha value is -2.29. The van der Waals surface area contributed by atoms with Crippen LogP contribution >= 0.6 is 23.2 Å². The zero-order valence-corrected chi connectivity index (χ0v) is 15.1. The molecule has 0 aliphatic heterocycles. The van der Waals surface area contributed by atoms with Gasteiger partial charge >= 0.3 is 0 Å². The van der Waals surface area contributed by atoms with Crippen LogP contribution in [0.4, 0.5) is 0 Å². The van der Waals surface area contributed by atoms with Crippen LogP contribution in [0, 0.1) is 0 Å². The molecule has 0 saturated heterocycles. The fourth-order valence-corrected chi connectivity index (χ4v) is 2.85. The summed E-state index contributed by atoms with van der Waals surface area (Å²) in [5.41, 5.74) is 2.62. The summed E-state index contributed by atoms with van der Waals surface area (Å²) in [6.07, 6.45) is -0.652. The van der Waals surface area contributed by atoms with Gasteiger partial charge < -0.3 is 4.74 Å². The first-order valence-corrected chi connectivity index (χ1v) is 8.61. The van der Waals surface area contributed by atoms with Gasteiger partial charge in [-0.05, 0) is 54.4 Å². The molecule has 0 radical (unpaired) electrons. The molecule has 4 heteroatoms. The molecule has 0 aromatic heterocycles. The zero-order chi connectivity index (χ0) is 17.8. The average Bonchev–Trinajstić information content (AvgIpc) is 2.64. The van der Waals surface area contributed by atoms with E-state index in [9.17, 15) is 4.79 Å². The Morgan fingerprint density at radius 2 is 1.56 bits per heavy atom. The van der Waals surface area contributed by atoms with Crippen molar-refractivity contribution in [2.45, 2.75) is 13.0 Å². The number of ketones is 1. The zero-order valence-electron chi connectivity index (χ0n) is 13.6. The van der Waals surface area contributed by atoms with Crippen LogP contribution in [0.25, 0.3) is 11.1 Å². The molecule has 0 bridgehead atoms. The highest BCUT2D eigenvalue weighted by Gasteiger charge is 2.18. The van der Waals surface area contributed by atoms with Crippen molar-refractivity contribution in [1.29, 1.82) is 0 Å². The quantitative estimate of drug-likeness (QED) is 0.491. The summed E-state index contributed by atoms with van der Waals surface area (Å²) in [5, 5.41) is 1.06. The maximum Gasteiger partial charge on any atom is 0.202 e. The van der Waals surface area contributed by atoms with Gasteiger partial charge in [0.05, 0.1) is 5.02 Å². The lowest BCUT2D eigenvalue weighted by Crippen LogP contribution is -2.24. The minimum absolute atomic E-state index is 0.125. The normalized spacial score (nSPS) is 11.8. The Bertz CT molecular complexity index is 874. The maximum atomic E-state index is 12.4. The van der Waals surface area contributed by atoms with Crippen LogP contribution in [-0.4, -0.2) is 11.9 Å². The van der Waals surface area contributed by atoms with Crippen LogP contribution in [0.2, 0.25) is 10.0 Å². The molecule has 0 N–H and O–H groups in total. The molecule has 3 aromatic carbocycles. The summed E-state index contributed by atoms with van der Waals surface area (Å²) in [7, 11) is 0. The van der Waals surface area contributed by atoms with E-state index in [2.05, 4.69) is 0 Å². The van der Waals surface area contributed by atoms with Gasteiger partial charge in [-0.3, -0.25) is 4.79 Å². The Balaban J connectivity index is 1.76. The highest BCUT2D eigenvalue weighted by atomic mass is 35.5. The molecule has 3 aromatic rings. The SMILES string of the molecule is C[C@@H](Oc1ccc(-c2ccccc2)cc1Cl)C(=O)c1ccc(Cl)cc1. The molecule has 0 amide bonds. The monoisotopic (exact) mass is 370 g/mol. The number of halogens is 2. The summed E-state index contributed by atoms with van der Waals surface area (Å²) in [4.78, 5) is 12.4. The van der Waals surface area contributed by atoms with Crippen molar-refractivity contribution in [1.82, 2.24) is 0 Å². The summed E-state index contributed by atoms with van der Waals surface area (Å²) < 4.78 is 5.77. The molecular formula is C21H16Cl2O2. The lowest BCUT2D eigenvalue weighted by Gasteiger charge is -2.15. The van der Waals surface area contributed by atoms with E-state index in [1.807, 2.05) is 42.5 Å². The van der Waals surface area contributed by atoms with Crippen molar-refractivity contribution in [3.8, 4) is 16.9 Å². The van der Waals surface area contributed by atoms with E-state index in [1.54, 1.807) is 37.3 Å². The van der Waals surface area contributed by atoms with Gasteiger partial charge in [-0.1, -0.05) is 59.6 Å². The van der Waals surface area contributed by atoms with Crippen LogP contribution < -0.4 is 4.74 Å². The smallest absolute Gasteiger partial charge is 0.202 e. The minimum Gasteiger partial charge on any atom is -0.481 e. The van der Waals surface area contributed by atoms with Crippen molar-refractivity contribution in [2.75, 3.05) is 0 Å². The van der Waals surface area contributed by atoms with E-state index in [4.69, 9.17) is 27.9 Å².